The molecule has 3 aromatic rings. The number of nitrogens with two attached hydrogens (primary N) is 1. The Morgan fingerprint density at radius 2 is 1.90 bits per heavy atom. The van der Waals surface area contributed by atoms with Gasteiger partial charge in [-0.2, -0.15) is 28.6 Å². The Labute approximate surface area is 231 Å². The predicted molar refractivity (Wildman–Crippen MR) is 143 cm³/mol. The van der Waals surface area contributed by atoms with Crippen LogP contribution >= 0.6 is 0 Å². The zero-order valence-corrected chi connectivity index (χ0v) is 23.3. The van der Waals surface area contributed by atoms with Gasteiger partial charge in [-0.3, -0.25) is 4.68 Å². The Morgan fingerprint density at radius 1 is 1.18 bits per heavy atom. The third-order valence-corrected chi connectivity index (χ3v) is 6.96. The lowest BCUT2D eigenvalue weighted by atomic mass is 10.1. The second kappa shape index (κ2) is 10.9. The number of hydrogen-bond acceptors (Lipinski definition) is 6. The zero-order valence-electron chi connectivity index (χ0n) is 23.3. The van der Waals surface area contributed by atoms with E-state index in [1.165, 1.54) is 6.07 Å². The third-order valence-electron chi connectivity index (χ3n) is 6.96. The molecule has 0 saturated carbocycles. The lowest BCUT2D eigenvalue weighted by molar-refractivity contribution is -0.137. The van der Waals surface area contributed by atoms with E-state index in [0.717, 1.165) is 12.1 Å². The van der Waals surface area contributed by atoms with E-state index in [1.807, 2.05) is 20.8 Å². The monoisotopic (exact) mass is 557 g/mol. The first-order valence-electron chi connectivity index (χ1n) is 13.2. The van der Waals surface area contributed by atoms with Crippen LogP contribution in [-0.4, -0.2) is 49.2 Å². The fourth-order valence-electron chi connectivity index (χ4n) is 5.06. The van der Waals surface area contributed by atoms with Crippen LogP contribution in [0.2, 0.25) is 0 Å². The summed E-state index contributed by atoms with van der Waals surface area (Å²) in [6.45, 7) is 10.2. The van der Waals surface area contributed by atoms with Crippen molar-refractivity contribution in [2.45, 2.75) is 78.2 Å². The average Bonchev–Trinajstić information content (AvgIpc) is 3.18. The summed E-state index contributed by atoms with van der Waals surface area (Å²) >= 11 is 0. The average molecular weight is 558 g/mol. The van der Waals surface area contributed by atoms with Gasteiger partial charge in [-0.05, 0) is 71.6 Å². The fraction of sp³-hybridized carbons (Fsp3) is 0.500. The van der Waals surface area contributed by atoms with Gasteiger partial charge in [0.1, 0.15) is 28.7 Å². The first kappa shape index (κ1) is 29.0. The number of anilines is 1. The summed E-state index contributed by atoms with van der Waals surface area (Å²) in [5.41, 5.74) is 8.05. The topological polar surface area (TPSA) is 115 Å². The van der Waals surface area contributed by atoms with Crippen LogP contribution < -0.4 is 5.73 Å². The maximum Gasteiger partial charge on any atom is 0.416 e. The maximum absolute atomic E-state index is 13.2. The van der Waals surface area contributed by atoms with Gasteiger partial charge < -0.3 is 15.4 Å². The molecule has 40 heavy (non-hydrogen) atoms. The second-order valence-corrected chi connectivity index (χ2v) is 11.1. The van der Waals surface area contributed by atoms with Crippen molar-refractivity contribution < 1.29 is 22.7 Å². The van der Waals surface area contributed by atoms with Crippen molar-refractivity contribution in [2.75, 3.05) is 18.8 Å². The van der Waals surface area contributed by atoms with Gasteiger partial charge >= 0.3 is 12.3 Å². The molecule has 4 rings (SSSR count). The molecule has 1 aliphatic heterocycles. The number of halogens is 3. The minimum atomic E-state index is -4.44. The van der Waals surface area contributed by atoms with Crippen LogP contribution in [0.5, 0.6) is 0 Å². The van der Waals surface area contributed by atoms with Gasteiger partial charge in [-0.1, -0.05) is 12.1 Å². The number of amides is 1. The normalized spacial score (nSPS) is 16.5. The van der Waals surface area contributed by atoms with Crippen LogP contribution in [-0.2, 0) is 17.5 Å². The number of nitrogens with zero attached hydrogens (tertiary/aromatic N) is 6. The molecule has 1 amide bonds. The fourth-order valence-corrected chi connectivity index (χ4v) is 5.06. The number of rotatable bonds is 4. The van der Waals surface area contributed by atoms with Crippen LogP contribution in [0.4, 0.5) is 23.8 Å². The van der Waals surface area contributed by atoms with Crippen molar-refractivity contribution in [3.8, 4) is 17.3 Å². The number of alkyl halides is 3. The van der Waals surface area contributed by atoms with E-state index in [1.54, 1.807) is 34.2 Å². The van der Waals surface area contributed by atoms with Crippen molar-refractivity contribution in [1.82, 2.24) is 24.5 Å². The molecule has 0 unspecified atom stereocenters. The van der Waals surface area contributed by atoms with E-state index in [-0.39, 0.29) is 30.1 Å². The number of nitriles is 1. The standard InChI is InChI=1S/C28H34F3N7O2/c1-17-23(18(2)37(34-17)16-19-8-6-9-20(14-19)28(29,30)31)24-22(15-32)25(33)38(35-24)21-10-7-12-36(13-11-21)26(39)40-27(3,4)5/h6,8-9,14,21H,7,10-13,16,33H2,1-5H3/t21-/m0/s1. The Morgan fingerprint density at radius 3 is 2.55 bits per heavy atom. The van der Waals surface area contributed by atoms with E-state index in [9.17, 15) is 23.2 Å². The molecule has 3 heterocycles. The molecule has 0 bridgehead atoms. The SMILES string of the molecule is Cc1nn(Cc2cccc(C(F)(F)F)c2)c(C)c1-c1nn([C@H]2CCCN(C(=O)OC(C)(C)C)CC2)c(N)c1C#N. The molecule has 1 saturated heterocycles. The number of carbonyl (C=O) groups excluding carboxylic acids is 1. The van der Waals surface area contributed by atoms with E-state index in [0.29, 0.717) is 60.6 Å². The first-order valence-corrected chi connectivity index (χ1v) is 13.2. The van der Waals surface area contributed by atoms with E-state index in [2.05, 4.69) is 11.2 Å². The molecule has 1 aliphatic rings. The molecule has 12 heteroatoms. The highest BCUT2D eigenvalue weighted by Crippen LogP contribution is 2.36. The highest BCUT2D eigenvalue weighted by atomic mass is 19.4. The number of aromatic nitrogens is 4. The van der Waals surface area contributed by atoms with E-state index < -0.39 is 17.3 Å². The van der Waals surface area contributed by atoms with Crippen LogP contribution in [0, 0.1) is 25.2 Å². The highest BCUT2D eigenvalue weighted by molar-refractivity contribution is 5.76. The highest BCUT2D eigenvalue weighted by Gasteiger charge is 2.31. The van der Waals surface area contributed by atoms with Gasteiger partial charge in [0, 0.05) is 24.3 Å². The van der Waals surface area contributed by atoms with Crippen molar-refractivity contribution in [3.63, 3.8) is 0 Å². The van der Waals surface area contributed by atoms with Gasteiger partial charge in [0.2, 0.25) is 0 Å². The smallest absolute Gasteiger partial charge is 0.416 e. The molecule has 0 aliphatic carbocycles. The second-order valence-electron chi connectivity index (χ2n) is 11.1. The predicted octanol–water partition coefficient (Wildman–Crippen LogP) is 5.85. The van der Waals surface area contributed by atoms with Crippen molar-refractivity contribution >= 4 is 11.9 Å². The molecular formula is C28H34F3N7O2. The molecule has 1 aromatic carbocycles. The van der Waals surface area contributed by atoms with Crippen LogP contribution in [0.3, 0.4) is 0 Å². The van der Waals surface area contributed by atoms with Crippen molar-refractivity contribution in [3.05, 3.63) is 52.3 Å². The number of likely N-dealkylation sites (tertiary alicyclic amines) is 1. The number of ether oxygens (including phenoxy) is 1. The molecule has 2 aromatic heterocycles. The Hall–Kier alpha value is -4.01. The molecule has 1 atom stereocenters. The number of nitrogen functional groups attached to an aromatic ring is 1. The molecule has 0 radical (unpaired) electrons. The van der Waals surface area contributed by atoms with Gasteiger partial charge in [-0.25, -0.2) is 9.48 Å². The number of carbonyl (C=O) groups is 1. The molecule has 2 N–H and O–H groups in total. The zero-order chi connectivity index (χ0) is 29.4. The summed E-state index contributed by atoms with van der Waals surface area (Å²) < 4.78 is 48.4. The quantitative estimate of drug-likeness (QED) is 0.431. The van der Waals surface area contributed by atoms with E-state index in [4.69, 9.17) is 15.6 Å². The largest absolute Gasteiger partial charge is 0.444 e. The molecular weight excluding hydrogens is 523 g/mol. The molecule has 0 spiro atoms. The van der Waals surface area contributed by atoms with Gasteiger partial charge in [0.25, 0.3) is 0 Å². The van der Waals surface area contributed by atoms with Crippen LogP contribution in [0.25, 0.3) is 11.3 Å². The summed E-state index contributed by atoms with van der Waals surface area (Å²) in [6.07, 6.45) is -2.79. The lowest BCUT2D eigenvalue weighted by Crippen LogP contribution is -2.37. The molecule has 214 valence electrons. The minimum absolute atomic E-state index is 0.123. The maximum atomic E-state index is 13.2. The van der Waals surface area contributed by atoms with Gasteiger partial charge in [0.15, 0.2) is 0 Å². The van der Waals surface area contributed by atoms with Crippen LogP contribution in [0.1, 0.15) is 74.2 Å². The number of benzene rings is 1. The Kier molecular flexibility index (Phi) is 7.87. The van der Waals surface area contributed by atoms with Crippen LogP contribution in [0.15, 0.2) is 24.3 Å². The van der Waals surface area contributed by atoms with Crippen molar-refractivity contribution in [1.29, 1.82) is 5.26 Å². The summed E-state index contributed by atoms with van der Waals surface area (Å²) in [7, 11) is 0. The minimum Gasteiger partial charge on any atom is -0.444 e. The Bertz CT molecular complexity index is 1440. The summed E-state index contributed by atoms with van der Waals surface area (Å²) in [6, 6.07) is 7.17. The molecule has 1 fully saturated rings. The summed E-state index contributed by atoms with van der Waals surface area (Å²) in [4.78, 5) is 14.3. The molecule has 9 nitrogen and oxygen atoms in total. The summed E-state index contributed by atoms with van der Waals surface area (Å²) in [5, 5.41) is 19.3. The van der Waals surface area contributed by atoms with E-state index >= 15 is 0 Å². The van der Waals surface area contributed by atoms with Crippen molar-refractivity contribution in [2.24, 2.45) is 0 Å². The lowest BCUT2D eigenvalue weighted by Gasteiger charge is -2.26. The van der Waals surface area contributed by atoms with Gasteiger partial charge in [0.05, 0.1) is 23.8 Å². The number of hydrogen-bond donors (Lipinski definition) is 1. The van der Waals surface area contributed by atoms with Gasteiger partial charge in [-0.15, -0.1) is 0 Å². The Balaban J connectivity index is 1.61. The summed E-state index contributed by atoms with van der Waals surface area (Å²) in [5.74, 6) is 0.234. The number of aryl methyl sites for hydroxylation is 1. The first-order chi connectivity index (χ1) is 18.7. The third kappa shape index (κ3) is 6.08.